The van der Waals surface area contributed by atoms with Crippen molar-refractivity contribution in [3.8, 4) is 0 Å². The highest BCUT2D eigenvalue weighted by atomic mass is 16.5. The summed E-state index contributed by atoms with van der Waals surface area (Å²) in [5.41, 5.74) is 0.795. The molecule has 3 N–H and O–H groups in total. The average molecular weight is 762 g/mol. The molecule has 14 heteroatoms. The van der Waals surface area contributed by atoms with Gasteiger partial charge in [-0.25, -0.2) is 9.79 Å². The highest BCUT2D eigenvalue weighted by molar-refractivity contribution is 5.86. The molecule has 1 aliphatic rings. The summed E-state index contributed by atoms with van der Waals surface area (Å²) in [5, 5.41) is 15.7. The van der Waals surface area contributed by atoms with Gasteiger partial charge in [0.15, 0.2) is 5.96 Å². The summed E-state index contributed by atoms with van der Waals surface area (Å²) in [6.07, 6.45) is 2.31. The van der Waals surface area contributed by atoms with E-state index >= 15 is 0 Å². The number of ether oxygens (including phenoxy) is 2. The van der Waals surface area contributed by atoms with Crippen molar-refractivity contribution in [3.63, 3.8) is 0 Å². The Kier molecular flexibility index (Phi) is 22.7. The first-order valence-corrected chi connectivity index (χ1v) is 19.4. The molecule has 1 aromatic carbocycles. The van der Waals surface area contributed by atoms with Crippen LogP contribution in [0.3, 0.4) is 0 Å². The number of likely N-dealkylation sites (tertiary alicyclic amines) is 1. The molecular formula is C40H71N7O7. The number of likely N-dealkylation sites (N-methyl/N-ethyl adjacent to an activating group) is 3. The summed E-state index contributed by atoms with van der Waals surface area (Å²) in [6.45, 7) is 12.0. The number of hydrogen-bond acceptors (Lipinski definition) is 8. The molecule has 1 heterocycles. The van der Waals surface area contributed by atoms with Crippen LogP contribution >= 0.6 is 0 Å². The zero-order valence-corrected chi connectivity index (χ0v) is 35.1. The lowest BCUT2D eigenvalue weighted by Gasteiger charge is -2.39. The van der Waals surface area contributed by atoms with Crippen LogP contribution in [0.15, 0.2) is 35.3 Å². The van der Waals surface area contributed by atoms with Crippen molar-refractivity contribution in [1.29, 1.82) is 0 Å². The van der Waals surface area contributed by atoms with E-state index in [2.05, 4.69) is 29.5 Å². The van der Waals surface area contributed by atoms with Crippen LogP contribution in [0.5, 0.6) is 0 Å². The number of guanidine groups is 1. The molecule has 1 saturated heterocycles. The summed E-state index contributed by atoms with van der Waals surface area (Å²) in [7, 11) is 12.4. The van der Waals surface area contributed by atoms with Gasteiger partial charge in [-0.2, -0.15) is 0 Å². The lowest BCUT2D eigenvalue weighted by Crippen LogP contribution is -2.54. The average Bonchev–Trinajstić information content (AvgIpc) is 3.63. The number of aliphatic carboxylic acids is 1. The summed E-state index contributed by atoms with van der Waals surface area (Å²) < 4.78 is 11.8. The van der Waals surface area contributed by atoms with Crippen LogP contribution in [0.1, 0.15) is 72.3 Å². The maximum Gasteiger partial charge on any atom is 0.326 e. The van der Waals surface area contributed by atoms with Gasteiger partial charge in [-0.05, 0) is 31.4 Å². The number of aliphatic imine (C=N–C) groups is 1. The maximum absolute atomic E-state index is 14.0. The van der Waals surface area contributed by atoms with Crippen molar-refractivity contribution in [2.45, 2.75) is 103 Å². The van der Waals surface area contributed by atoms with Gasteiger partial charge in [-0.15, -0.1) is 0 Å². The van der Waals surface area contributed by atoms with E-state index in [-0.39, 0.29) is 37.1 Å². The zero-order chi connectivity index (χ0) is 41.0. The summed E-state index contributed by atoms with van der Waals surface area (Å²) in [6, 6.07) is 7.24. The number of amides is 3. The van der Waals surface area contributed by atoms with Gasteiger partial charge in [-0.3, -0.25) is 14.4 Å². The van der Waals surface area contributed by atoms with Gasteiger partial charge in [0, 0.05) is 68.5 Å². The molecule has 1 aromatic rings. The quantitative estimate of drug-likeness (QED) is 0.133. The molecule has 54 heavy (non-hydrogen) atoms. The minimum absolute atomic E-state index is 0.0233. The molecule has 0 spiro atoms. The number of carboxylic acid groups (broad SMARTS) is 1. The number of nitrogens with one attached hydrogen (secondary N) is 2. The summed E-state index contributed by atoms with van der Waals surface area (Å²) in [4.78, 5) is 65.1. The Labute approximate surface area is 325 Å². The third-order valence-corrected chi connectivity index (χ3v) is 10.00. The van der Waals surface area contributed by atoms with Crippen LogP contribution in [0.25, 0.3) is 0 Å². The Morgan fingerprint density at radius 3 is 2.17 bits per heavy atom. The second-order valence-electron chi connectivity index (χ2n) is 14.5. The van der Waals surface area contributed by atoms with E-state index in [0.717, 1.165) is 31.5 Å². The first-order valence-electron chi connectivity index (χ1n) is 19.4. The van der Waals surface area contributed by atoms with Crippen LogP contribution in [-0.2, 0) is 35.1 Å². The molecule has 3 amide bonds. The molecule has 1 fully saturated rings. The molecule has 7 atom stereocenters. The van der Waals surface area contributed by atoms with Crippen LogP contribution < -0.4 is 10.6 Å². The summed E-state index contributed by atoms with van der Waals surface area (Å²) >= 11 is 0. The Balaban J connectivity index is 0.00000469. The van der Waals surface area contributed by atoms with Crippen LogP contribution in [0, 0.1) is 11.8 Å². The molecule has 0 bridgehead atoms. The minimum atomic E-state index is -1.13. The molecule has 0 aromatic heterocycles. The van der Waals surface area contributed by atoms with Crippen LogP contribution in [0.2, 0.25) is 0 Å². The lowest BCUT2D eigenvalue weighted by molar-refractivity contribution is -0.146. The Morgan fingerprint density at radius 1 is 1.02 bits per heavy atom. The van der Waals surface area contributed by atoms with Crippen molar-refractivity contribution >= 4 is 29.7 Å². The van der Waals surface area contributed by atoms with E-state index in [4.69, 9.17) is 9.47 Å². The largest absolute Gasteiger partial charge is 0.480 e. The Morgan fingerprint density at radius 2 is 1.65 bits per heavy atom. The second kappa shape index (κ2) is 25.4. The highest BCUT2D eigenvalue weighted by Gasteiger charge is 2.42. The van der Waals surface area contributed by atoms with Gasteiger partial charge in [0.2, 0.25) is 17.7 Å². The molecule has 0 aliphatic carbocycles. The number of carboxylic acids is 1. The van der Waals surface area contributed by atoms with Gasteiger partial charge >= 0.3 is 5.97 Å². The zero-order valence-electron chi connectivity index (χ0n) is 35.1. The Hall–Kier alpha value is -3.75. The fraction of sp³-hybridized carbons (Fsp3) is 0.725. The number of rotatable bonds is 20. The van der Waals surface area contributed by atoms with Crippen molar-refractivity contribution < 1.29 is 33.8 Å². The molecule has 0 saturated carbocycles. The number of carbonyl (C=O) groups is 4. The summed E-state index contributed by atoms with van der Waals surface area (Å²) in [5.74, 6) is -1.93. The number of benzene rings is 1. The van der Waals surface area contributed by atoms with Gasteiger partial charge in [0.25, 0.3) is 0 Å². The van der Waals surface area contributed by atoms with Crippen LogP contribution in [-0.4, -0.2) is 160 Å². The minimum Gasteiger partial charge on any atom is -0.480 e. The first kappa shape index (κ1) is 48.3. The number of carbonyl (C=O) groups excluding carboxylic acids is 3. The molecular weight excluding hydrogens is 690 g/mol. The van der Waals surface area contributed by atoms with Gasteiger partial charge in [-0.1, -0.05) is 77.8 Å². The van der Waals surface area contributed by atoms with Crippen molar-refractivity contribution in [1.82, 2.24) is 30.2 Å². The van der Waals surface area contributed by atoms with Gasteiger partial charge < -0.3 is 44.8 Å². The SMILES string of the molecule is CCC.CCC(C)C(C(CC(=O)N1CCCC1C(OC)C(C)C(=O)N[C@@H](Cc1ccccc1)C(=O)O)OC)N(C)C(=O)CN=C(N(C)C)N(C)CCNC. The standard InChI is InChI=1S/C37H63N7O7.C3H8/c1-11-25(2)33(43(8)32(46)24-39-37(41(5)6)42(7)21-19-38-4)30(50-9)23-31(45)44-20-15-18-29(44)34(51-10)26(3)35(47)40-28(36(48)49)22-27-16-13-12-14-17-27;1-3-2/h12-14,16-17,25-26,28-30,33-34,38H,11,15,18-24H2,1-10H3,(H,40,47)(H,48,49);3H2,1-2H3/t25?,26?,28-,29?,30?,33?,34?;/m0./s1. The molecule has 2 rings (SSSR count). The van der Waals surface area contributed by atoms with E-state index in [0.29, 0.717) is 18.9 Å². The van der Waals surface area contributed by atoms with Gasteiger partial charge in [0.1, 0.15) is 12.6 Å². The van der Waals surface area contributed by atoms with E-state index in [1.165, 1.54) is 13.5 Å². The van der Waals surface area contributed by atoms with E-state index in [1.807, 2.05) is 82.2 Å². The third-order valence-electron chi connectivity index (χ3n) is 10.00. The molecule has 0 radical (unpaired) electrons. The van der Waals surface area contributed by atoms with Crippen LogP contribution in [0.4, 0.5) is 0 Å². The van der Waals surface area contributed by atoms with Crippen molar-refractivity contribution in [2.24, 2.45) is 16.8 Å². The maximum atomic E-state index is 14.0. The molecule has 1 aliphatic heterocycles. The number of hydrogen-bond donors (Lipinski definition) is 3. The topological polar surface area (TPSA) is 156 Å². The number of nitrogens with zero attached hydrogens (tertiary/aromatic N) is 5. The molecule has 14 nitrogen and oxygen atoms in total. The fourth-order valence-corrected chi connectivity index (χ4v) is 6.91. The van der Waals surface area contributed by atoms with Gasteiger partial charge in [0.05, 0.1) is 36.6 Å². The van der Waals surface area contributed by atoms with Crippen molar-refractivity contribution in [3.05, 3.63) is 35.9 Å². The van der Waals surface area contributed by atoms with E-state index in [9.17, 15) is 24.3 Å². The highest BCUT2D eigenvalue weighted by Crippen LogP contribution is 2.29. The molecule has 6 unspecified atom stereocenters. The monoisotopic (exact) mass is 762 g/mol. The number of methoxy groups -OCH3 is 2. The lowest BCUT2D eigenvalue weighted by atomic mass is 9.90. The first-order chi connectivity index (χ1) is 25.6. The normalized spacial score (nSPS) is 17.6. The fourth-order valence-electron chi connectivity index (χ4n) is 6.91. The van der Waals surface area contributed by atoms with E-state index < -0.39 is 48.1 Å². The smallest absolute Gasteiger partial charge is 0.326 e. The van der Waals surface area contributed by atoms with E-state index in [1.54, 1.807) is 30.9 Å². The predicted molar refractivity (Wildman–Crippen MR) is 214 cm³/mol. The Bertz CT molecular complexity index is 1300. The van der Waals surface area contributed by atoms with Crippen molar-refractivity contribution in [2.75, 3.05) is 75.6 Å². The molecule has 308 valence electrons. The second-order valence-corrected chi connectivity index (χ2v) is 14.5. The predicted octanol–water partition coefficient (Wildman–Crippen LogP) is 3.20. The third kappa shape index (κ3) is 14.8.